The highest BCUT2D eigenvalue weighted by Gasteiger charge is 2.08. The van der Waals surface area contributed by atoms with Crippen molar-refractivity contribution in [3.05, 3.63) is 24.0 Å². The van der Waals surface area contributed by atoms with Crippen molar-refractivity contribution >= 4 is 11.9 Å². The lowest BCUT2D eigenvalue weighted by Crippen LogP contribution is -2.12. The molecule has 20 heavy (non-hydrogen) atoms. The molecule has 0 bridgehead atoms. The Bertz CT molecular complexity index is 355. The van der Waals surface area contributed by atoms with Gasteiger partial charge in [-0.25, -0.2) is 4.79 Å². The molecule has 1 atom stereocenters. The molecule has 114 valence electrons. The summed E-state index contributed by atoms with van der Waals surface area (Å²) >= 11 is 0. The molecule has 0 aliphatic heterocycles. The summed E-state index contributed by atoms with van der Waals surface area (Å²) in [6.45, 7) is 7.70. The topological polar surface area (TPSA) is 52.6 Å². The predicted molar refractivity (Wildman–Crippen MR) is 78.9 cm³/mol. The van der Waals surface area contributed by atoms with Crippen LogP contribution in [0.3, 0.4) is 0 Å². The van der Waals surface area contributed by atoms with Gasteiger partial charge in [-0.1, -0.05) is 39.2 Å². The second kappa shape index (κ2) is 11.3. The molecule has 0 saturated heterocycles. The zero-order chi connectivity index (χ0) is 15.4. The number of hydrogen-bond donors (Lipinski definition) is 0. The number of carbonyl (C=O) groups excluding carboxylic acids is 2. The smallest absolute Gasteiger partial charge is 0.330 e. The number of allylic oxidation sites excluding steroid dienone is 3. The van der Waals surface area contributed by atoms with E-state index in [1.807, 2.05) is 0 Å². The third-order valence-electron chi connectivity index (χ3n) is 2.87. The molecule has 0 radical (unpaired) electrons. The Morgan fingerprint density at radius 2 is 1.90 bits per heavy atom. The average molecular weight is 282 g/mol. The number of esters is 2. The Labute approximate surface area is 121 Å². The van der Waals surface area contributed by atoms with Crippen LogP contribution in [-0.2, 0) is 19.1 Å². The lowest BCUT2D eigenvalue weighted by Gasteiger charge is -2.13. The summed E-state index contributed by atoms with van der Waals surface area (Å²) in [6.07, 6.45) is 8.84. The summed E-state index contributed by atoms with van der Waals surface area (Å²) in [6, 6.07) is 0. The van der Waals surface area contributed by atoms with Crippen molar-refractivity contribution in [2.45, 2.75) is 53.4 Å². The molecule has 0 N–H and O–H groups in total. The molecule has 0 heterocycles. The molecule has 4 heteroatoms. The molecule has 0 saturated carbocycles. The van der Waals surface area contributed by atoms with E-state index in [0.717, 1.165) is 25.7 Å². The van der Waals surface area contributed by atoms with Gasteiger partial charge in [0.1, 0.15) is 5.76 Å². The minimum atomic E-state index is -0.378. The third-order valence-corrected chi connectivity index (χ3v) is 2.87. The highest BCUT2D eigenvalue weighted by atomic mass is 16.5. The summed E-state index contributed by atoms with van der Waals surface area (Å²) in [7, 11) is 0. The lowest BCUT2D eigenvalue weighted by molar-refractivity contribution is -0.139. The van der Waals surface area contributed by atoms with Crippen LogP contribution in [0.15, 0.2) is 24.0 Å². The summed E-state index contributed by atoms with van der Waals surface area (Å²) < 4.78 is 10.0. The molecule has 0 aromatic carbocycles. The van der Waals surface area contributed by atoms with E-state index in [2.05, 4.69) is 13.8 Å². The van der Waals surface area contributed by atoms with Gasteiger partial charge < -0.3 is 9.47 Å². The van der Waals surface area contributed by atoms with Crippen LogP contribution in [0.2, 0.25) is 0 Å². The fraction of sp³-hybridized carbons (Fsp3) is 0.625. The van der Waals surface area contributed by atoms with Gasteiger partial charge in [0.2, 0.25) is 0 Å². The zero-order valence-corrected chi connectivity index (χ0v) is 13.0. The number of hydrogen-bond acceptors (Lipinski definition) is 4. The van der Waals surface area contributed by atoms with E-state index in [9.17, 15) is 9.59 Å². The van der Waals surface area contributed by atoms with Crippen molar-refractivity contribution in [1.29, 1.82) is 0 Å². The molecule has 0 rings (SSSR count). The first kappa shape index (κ1) is 18.4. The van der Waals surface area contributed by atoms with E-state index >= 15 is 0 Å². The normalized spacial score (nSPS) is 13.3. The van der Waals surface area contributed by atoms with E-state index in [0.29, 0.717) is 18.3 Å². The van der Waals surface area contributed by atoms with Crippen molar-refractivity contribution in [3.63, 3.8) is 0 Å². The predicted octanol–water partition coefficient (Wildman–Crippen LogP) is 3.77. The maximum Gasteiger partial charge on any atom is 0.330 e. The molecule has 4 nitrogen and oxygen atoms in total. The zero-order valence-electron chi connectivity index (χ0n) is 13.0. The van der Waals surface area contributed by atoms with E-state index in [-0.39, 0.29) is 11.9 Å². The number of ether oxygens (including phenoxy) is 2. The summed E-state index contributed by atoms with van der Waals surface area (Å²) in [5.74, 6) is 0.129. The monoisotopic (exact) mass is 282 g/mol. The Morgan fingerprint density at radius 3 is 2.45 bits per heavy atom. The molecule has 1 unspecified atom stereocenters. The number of carbonyl (C=O) groups is 2. The minimum Gasteiger partial charge on any atom is -0.462 e. The molecular formula is C16H26O4. The fourth-order valence-corrected chi connectivity index (χ4v) is 1.67. The average Bonchev–Trinajstić information content (AvgIpc) is 2.38. The fourth-order valence-electron chi connectivity index (χ4n) is 1.67. The summed E-state index contributed by atoms with van der Waals surface area (Å²) in [5.41, 5.74) is 0. The van der Waals surface area contributed by atoms with Crippen LogP contribution in [0.25, 0.3) is 0 Å². The van der Waals surface area contributed by atoms with Gasteiger partial charge in [-0.15, -0.1) is 0 Å². The SMILES string of the molecule is CCCCC(CC)COC(=O)/C=C/C=C(\C)OC(C)=O. The number of unbranched alkanes of at least 4 members (excludes halogenated alkanes) is 1. The first-order valence-electron chi connectivity index (χ1n) is 7.19. The Morgan fingerprint density at radius 1 is 1.20 bits per heavy atom. The maximum atomic E-state index is 11.5. The standard InChI is InChI=1S/C16H26O4/c1-5-7-10-15(6-2)12-19-16(18)11-8-9-13(3)20-14(4)17/h8-9,11,15H,5-7,10,12H2,1-4H3/b11-8+,13-9+. The van der Waals surface area contributed by atoms with Gasteiger partial charge >= 0.3 is 11.9 Å². The van der Waals surface area contributed by atoms with Crippen molar-refractivity contribution in [2.24, 2.45) is 5.92 Å². The molecule has 0 spiro atoms. The van der Waals surface area contributed by atoms with Crippen molar-refractivity contribution in [3.8, 4) is 0 Å². The summed E-state index contributed by atoms with van der Waals surface area (Å²) in [5, 5.41) is 0. The van der Waals surface area contributed by atoms with E-state index in [1.165, 1.54) is 19.1 Å². The Kier molecular flexibility index (Phi) is 10.4. The van der Waals surface area contributed by atoms with Gasteiger partial charge in [-0.3, -0.25) is 4.79 Å². The molecule has 0 aromatic heterocycles. The highest BCUT2D eigenvalue weighted by molar-refractivity contribution is 5.82. The van der Waals surface area contributed by atoms with Crippen LogP contribution < -0.4 is 0 Å². The van der Waals surface area contributed by atoms with E-state index < -0.39 is 0 Å². The third kappa shape index (κ3) is 10.4. The molecule has 0 aliphatic rings. The van der Waals surface area contributed by atoms with E-state index in [1.54, 1.807) is 13.0 Å². The van der Waals surface area contributed by atoms with Crippen molar-refractivity contribution < 1.29 is 19.1 Å². The Balaban J connectivity index is 4.06. The second-order valence-corrected chi connectivity index (χ2v) is 4.78. The van der Waals surface area contributed by atoms with Gasteiger partial charge in [0.15, 0.2) is 0 Å². The maximum absolute atomic E-state index is 11.5. The van der Waals surface area contributed by atoms with Crippen LogP contribution in [0, 0.1) is 5.92 Å². The van der Waals surface area contributed by atoms with Crippen molar-refractivity contribution in [1.82, 2.24) is 0 Å². The van der Waals surface area contributed by atoms with Gasteiger partial charge in [0.25, 0.3) is 0 Å². The van der Waals surface area contributed by atoms with Gasteiger partial charge in [-0.2, -0.15) is 0 Å². The van der Waals surface area contributed by atoms with Crippen LogP contribution >= 0.6 is 0 Å². The quantitative estimate of drug-likeness (QED) is 0.279. The molecule has 0 aromatic rings. The first-order chi connectivity index (χ1) is 9.49. The molecule has 0 aliphatic carbocycles. The van der Waals surface area contributed by atoms with Gasteiger partial charge in [-0.05, 0) is 25.3 Å². The lowest BCUT2D eigenvalue weighted by atomic mass is 10.0. The largest absolute Gasteiger partial charge is 0.462 e. The van der Waals surface area contributed by atoms with Crippen LogP contribution in [0.5, 0.6) is 0 Å². The van der Waals surface area contributed by atoms with Crippen LogP contribution in [0.1, 0.15) is 53.4 Å². The van der Waals surface area contributed by atoms with E-state index in [4.69, 9.17) is 9.47 Å². The number of rotatable bonds is 9. The first-order valence-corrected chi connectivity index (χ1v) is 7.19. The van der Waals surface area contributed by atoms with Gasteiger partial charge in [0, 0.05) is 13.0 Å². The van der Waals surface area contributed by atoms with Crippen molar-refractivity contribution in [2.75, 3.05) is 6.61 Å². The molecular weight excluding hydrogens is 256 g/mol. The van der Waals surface area contributed by atoms with Crippen LogP contribution in [-0.4, -0.2) is 18.5 Å². The Hall–Kier alpha value is -1.58. The van der Waals surface area contributed by atoms with Crippen LogP contribution in [0.4, 0.5) is 0 Å². The van der Waals surface area contributed by atoms with Gasteiger partial charge in [0.05, 0.1) is 6.61 Å². The second-order valence-electron chi connectivity index (χ2n) is 4.78. The molecule has 0 fully saturated rings. The molecule has 0 amide bonds. The summed E-state index contributed by atoms with van der Waals surface area (Å²) in [4.78, 5) is 22.2. The highest BCUT2D eigenvalue weighted by Crippen LogP contribution is 2.12. The minimum absolute atomic E-state index is 0.369.